The predicted molar refractivity (Wildman–Crippen MR) is 129 cm³/mol. The van der Waals surface area contributed by atoms with Gasteiger partial charge in [-0.1, -0.05) is 41.4 Å². The van der Waals surface area contributed by atoms with Crippen LogP contribution in [0.1, 0.15) is 11.1 Å². The molecule has 10 heteroatoms. The van der Waals surface area contributed by atoms with Crippen LogP contribution in [0, 0.1) is 21.4 Å². The Hall–Kier alpha value is -4.06. The Morgan fingerprint density at radius 3 is 2.62 bits per heavy atom. The average Bonchev–Trinajstić information content (AvgIpc) is 2.82. The van der Waals surface area contributed by atoms with Crippen LogP contribution in [0.3, 0.4) is 0 Å². The third-order valence-corrected chi connectivity index (χ3v) is 5.16. The number of nitrogens with zero attached hydrogens (tertiary/aromatic N) is 2. The first kappa shape index (κ1) is 24.6. The van der Waals surface area contributed by atoms with Crippen molar-refractivity contribution in [1.29, 1.82) is 5.26 Å². The summed E-state index contributed by atoms with van der Waals surface area (Å²) in [5.41, 5.74) is 1.02. The zero-order valence-electron chi connectivity index (χ0n) is 17.7. The van der Waals surface area contributed by atoms with Crippen LogP contribution in [0.5, 0.6) is 11.5 Å². The number of nitrogens with one attached hydrogen (secondary N) is 1. The molecule has 0 saturated heterocycles. The minimum absolute atomic E-state index is 0.137. The Labute approximate surface area is 205 Å². The number of rotatable bonds is 8. The maximum Gasteiger partial charge on any atom is 0.271 e. The minimum Gasteiger partial charge on any atom is -0.493 e. The Morgan fingerprint density at radius 2 is 1.94 bits per heavy atom. The molecule has 8 nitrogen and oxygen atoms in total. The van der Waals surface area contributed by atoms with E-state index in [9.17, 15) is 20.2 Å². The molecule has 0 radical (unpaired) electrons. The number of amides is 1. The van der Waals surface area contributed by atoms with Crippen molar-refractivity contribution in [2.75, 3.05) is 12.4 Å². The van der Waals surface area contributed by atoms with E-state index in [-0.39, 0.29) is 23.6 Å². The van der Waals surface area contributed by atoms with Crippen LogP contribution >= 0.6 is 23.2 Å². The summed E-state index contributed by atoms with van der Waals surface area (Å²) in [6.07, 6.45) is 1.37. The first-order valence-corrected chi connectivity index (χ1v) is 10.5. The Morgan fingerprint density at radius 1 is 1.15 bits per heavy atom. The van der Waals surface area contributed by atoms with E-state index >= 15 is 0 Å². The molecule has 0 aromatic heterocycles. The van der Waals surface area contributed by atoms with E-state index in [0.29, 0.717) is 32.7 Å². The normalized spacial score (nSPS) is 10.8. The molecule has 172 valence electrons. The fourth-order valence-corrected chi connectivity index (χ4v) is 3.36. The van der Waals surface area contributed by atoms with E-state index in [2.05, 4.69) is 5.32 Å². The number of non-ortho nitro benzene ring substituents is 1. The molecule has 3 aromatic rings. The first-order chi connectivity index (χ1) is 16.3. The number of halogens is 2. The molecule has 0 spiro atoms. The molecule has 0 atom stereocenters. The lowest BCUT2D eigenvalue weighted by Crippen LogP contribution is -2.13. The number of nitro groups is 1. The minimum atomic E-state index is -0.714. The number of benzene rings is 3. The van der Waals surface area contributed by atoms with E-state index in [1.54, 1.807) is 36.4 Å². The molecular formula is C24H17Cl2N3O5. The van der Waals surface area contributed by atoms with E-state index in [1.807, 2.05) is 6.07 Å². The Kier molecular flexibility index (Phi) is 8.09. The van der Waals surface area contributed by atoms with Gasteiger partial charge in [-0.3, -0.25) is 14.9 Å². The van der Waals surface area contributed by atoms with Gasteiger partial charge in [-0.25, -0.2) is 0 Å². The van der Waals surface area contributed by atoms with E-state index in [1.165, 1.54) is 37.5 Å². The van der Waals surface area contributed by atoms with Gasteiger partial charge >= 0.3 is 0 Å². The van der Waals surface area contributed by atoms with Gasteiger partial charge in [0.15, 0.2) is 11.5 Å². The number of ether oxygens (including phenoxy) is 2. The largest absolute Gasteiger partial charge is 0.493 e. The number of carbonyl (C=O) groups excluding carboxylic acids is 1. The van der Waals surface area contributed by atoms with Crippen LogP contribution in [0.2, 0.25) is 10.0 Å². The highest BCUT2D eigenvalue weighted by Crippen LogP contribution is 2.31. The van der Waals surface area contributed by atoms with Gasteiger partial charge in [0.2, 0.25) is 0 Å². The topological polar surface area (TPSA) is 114 Å². The number of methoxy groups -OCH3 is 1. The lowest BCUT2D eigenvalue weighted by molar-refractivity contribution is -0.384. The molecule has 0 bridgehead atoms. The second kappa shape index (κ2) is 11.2. The van der Waals surface area contributed by atoms with Gasteiger partial charge in [0.1, 0.15) is 18.2 Å². The van der Waals surface area contributed by atoms with Gasteiger partial charge in [-0.05, 0) is 42.0 Å². The highest BCUT2D eigenvalue weighted by atomic mass is 35.5. The zero-order valence-corrected chi connectivity index (χ0v) is 19.3. The van der Waals surface area contributed by atoms with Gasteiger partial charge in [-0.2, -0.15) is 5.26 Å². The van der Waals surface area contributed by atoms with Gasteiger partial charge in [0.25, 0.3) is 11.6 Å². The van der Waals surface area contributed by atoms with Crippen molar-refractivity contribution in [3.63, 3.8) is 0 Å². The van der Waals surface area contributed by atoms with Gasteiger partial charge in [0.05, 0.1) is 12.0 Å². The lowest BCUT2D eigenvalue weighted by Gasteiger charge is -2.12. The van der Waals surface area contributed by atoms with Crippen molar-refractivity contribution < 1.29 is 19.2 Å². The Balaban J connectivity index is 1.81. The molecule has 0 aliphatic rings. The number of anilines is 1. The van der Waals surface area contributed by atoms with E-state index < -0.39 is 10.8 Å². The van der Waals surface area contributed by atoms with Crippen molar-refractivity contribution in [3.8, 4) is 17.6 Å². The molecule has 0 aliphatic heterocycles. The summed E-state index contributed by atoms with van der Waals surface area (Å²) < 4.78 is 11.2. The number of nitriles is 1. The molecule has 0 unspecified atom stereocenters. The number of hydrogen-bond donors (Lipinski definition) is 1. The molecule has 0 fully saturated rings. The third kappa shape index (κ3) is 6.25. The summed E-state index contributed by atoms with van der Waals surface area (Å²) in [5, 5.41) is 23.9. The number of carbonyl (C=O) groups is 1. The SMILES string of the molecule is COc1ccc(/C=C(\C#N)C(=O)Nc2cccc([N+](=O)[O-])c2)cc1OCc1ccc(Cl)cc1Cl. The standard InChI is InChI=1S/C24H17Cl2N3O5/c1-33-22-8-5-15(10-23(22)34-14-16-6-7-18(25)11-21(16)26)9-17(13-27)24(30)28-19-3-2-4-20(12-19)29(31)32/h2-12H,14H2,1H3,(H,28,30)/b17-9+. The van der Waals surface area contributed by atoms with E-state index in [4.69, 9.17) is 32.7 Å². The smallest absolute Gasteiger partial charge is 0.271 e. The summed E-state index contributed by atoms with van der Waals surface area (Å²) in [5.74, 6) is 0.106. The molecule has 1 amide bonds. The van der Waals surface area contributed by atoms with Crippen LogP contribution in [0.25, 0.3) is 6.08 Å². The highest BCUT2D eigenvalue weighted by molar-refractivity contribution is 6.35. The number of nitro benzene ring substituents is 1. The fourth-order valence-electron chi connectivity index (χ4n) is 2.90. The monoisotopic (exact) mass is 497 g/mol. The van der Waals surface area contributed by atoms with Crippen LogP contribution in [0.4, 0.5) is 11.4 Å². The number of hydrogen-bond acceptors (Lipinski definition) is 6. The van der Waals surface area contributed by atoms with Crippen LogP contribution in [-0.4, -0.2) is 17.9 Å². The molecule has 3 rings (SSSR count). The summed E-state index contributed by atoms with van der Waals surface area (Å²) >= 11 is 12.1. The second-order valence-corrected chi connectivity index (χ2v) is 7.71. The highest BCUT2D eigenvalue weighted by Gasteiger charge is 2.14. The summed E-state index contributed by atoms with van der Waals surface area (Å²) in [7, 11) is 1.49. The van der Waals surface area contributed by atoms with Crippen LogP contribution in [-0.2, 0) is 11.4 Å². The average molecular weight is 498 g/mol. The summed E-state index contributed by atoms with van der Waals surface area (Å²) in [4.78, 5) is 22.9. The fraction of sp³-hybridized carbons (Fsp3) is 0.0833. The summed E-state index contributed by atoms with van der Waals surface area (Å²) in [6.45, 7) is 0.137. The maximum atomic E-state index is 12.6. The van der Waals surface area contributed by atoms with Crippen LogP contribution in [0.15, 0.2) is 66.2 Å². The van der Waals surface area contributed by atoms with Gasteiger partial charge < -0.3 is 14.8 Å². The zero-order chi connectivity index (χ0) is 24.7. The third-order valence-electron chi connectivity index (χ3n) is 4.58. The van der Waals surface area contributed by atoms with Crippen molar-refractivity contribution >= 4 is 46.6 Å². The van der Waals surface area contributed by atoms with Crippen molar-refractivity contribution in [2.45, 2.75) is 6.61 Å². The molecular weight excluding hydrogens is 481 g/mol. The molecule has 1 N–H and O–H groups in total. The Bertz CT molecular complexity index is 1320. The van der Waals surface area contributed by atoms with Crippen molar-refractivity contribution in [1.82, 2.24) is 0 Å². The first-order valence-electron chi connectivity index (χ1n) is 9.73. The predicted octanol–water partition coefficient (Wildman–Crippen LogP) is 6.03. The lowest BCUT2D eigenvalue weighted by atomic mass is 10.1. The van der Waals surface area contributed by atoms with Crippen molar-refractivity contribution in [2.24, 2.45) is 0 Å². The molecule has 0 saturated carbocycles. The molecule has 0 heterocycles. The van der Waals surface area contributed by atoms with E-state index in [0.717, 1.165) is 0 Å². The molecule has 0 aliphatic carbocycles. The van der Waals surface area contributed by atoms with Crippen LogP contribution < -0.4 is 14.8 Å². The van der Waals surface area contributed by atoms with Gasteiger partial charge in [0, 0.05) is 33.4 Å². The van der Waals surface area contributed by atoms with Crippen molar-refractivity contribution in [3.05, 3.63) is 97.5 Å². The van der Waals surface area contributed by atoms with Gasteiger partial charge in [-0.15, -0.1) is 0 Å². The molecule has 3 aromatic carbocycles. The summed E-state index contributed by atoms with van der Waals surface area (Å²) in [6, 6.07) is 17.2. The quantitative estimate of drug-likeness (QED) is 0.175. The second-order valence-electron chi connectivity index (χ2n) is 6.87. The maximum absolute atomic E-state index is 12.6. The molecule has 34 heavy (non-hydrogen) atoms.